The van der Waals surface area contributed by atoms with Gasteiger partial charge < -0.3 is 9.52 Å². The fraction of sp³-hybridized carbons (Fsp3) is 0.250. The second kappa shape index (κ2) is 2.57. The number of aliphatic hydroxyl groups excluding tert-OH is 1. The molecular weight excluding hydrogens is 156 g/mol. The molecule has 62 valence electrons. The second-order valence-corrected chi connectivity index (χ2v) is 2.57. The van der Waals surface area contributed by atoms with Crippen molar-refractivity contribution in [1.82, 2.24) is 9.97 Å². The summed E-state index contributed by atoms with van der Waals surface area (Å²) in [5.74, 6) is 0.331. The molecule has 2 aromatic rings. The summed E-state index contributed by atoms with van der Waals surface area (Å²) in [6, 6.07) is 1.72. The first-order valence-corrected chi connectivity index (χ1v) is 3.66. The number of aliphatic hydroxyl groups is 1. The van der Waals surface area contributed by atoms with E-state index < -0.39 is 6.10 Å². The van der Waals surface area contributed by atoms with Crippen LogP contribution in [0.5, 0.6) is 0 Å². The highest BCUT2D eigenvalue weighted by Gasteiger charge is 2.09. The van der Waals surface area contributed by atoms with E-state index in [1.165, 1.54) is 0 Å². The molecule has 12 heavy (non-hydrogen) atoms. The van der Waals surface area contributed by atoms with Gasteiger partial charge in [-0.15, -0.1) is 0 Å². The molecule has 2 heterocycles. The number of fused-ring (bicyclic) bond motifs is 1. The Bertz CT molecular complexity index is 362. The molecule has 2 aromatic heterocycles. The first-order chi connectivity index (χ1) is 5.77. The zero-order chi connectivity index (χ0) is 8.55. The van der Waals surface area contributed by atoms with Crippen molar-refractivity contribution in [3.63, 3.8) is 0 Å². The Kier molecular flexibility index (Phi) is 1.55. The van der Waals surface area contributed by atoms with Gasteiger partial charge in [-0.3, -0.25) is 4.98 Å². The highest BCUT2D eigenvalue weighted by atomic mass is 16.4. The first-order valence-electron chi connectivity index (χ1n) is 3.66. The number of hydrogen-bond donors (Lipinski definition) is 1. The van der Waals surface area contributed by atoms with Gasteiger partial charge in [0.15, 0.2) is 5.58 Å². The molecule has 0 saturated heterocycles. The molecule has 4 heteroatoms. The summed E-state index contributed by atoms with van der Waals surface area (Å²) in [5.41, 5.74) is 1.33. The van der Waals surface area contributed by atoms with Crippen LogP contribution in [0.4, 0.5) is 0 Å². The van der Waals surface area contributed by atoms with Crippen molar-refractivity contribution >= 4 is 11.1 Å². The molecule has 0 aliphatic heterocycles. The second-order valence-electron chi connectivity index (χ2n) is 2.57. The average molecular weight is 164 g/mol. The third-order valence-electron chi connectivity index (χ3n) is 1.56. The van der Waals surface area contributed by atoms with E-state index >= 15 is 0 Å². The lowest BCUT2D eigenvalue weighted by molar-refractivity contribution is 0.165. The van der Waals surface area contributed by atoms with Gasteiger partial charge in [-0.2, -0.15) is 0 Å². The molecule has 0 spiro atoms. The van der Waals surface area contributed by atoms with E-state index in [0.29, 0.717) is 17.0 Å². The fourth-order valence-corrected chi connectivity index (χ4v) is 0.977. The van der Waals surface area contributed by atoms with Crippen LogP contribution >= 0.6 is 0 Å². The van der Waals surface area contributed by atoms with E-state index in [4.69, 9.17) is 9.52 Å². The normalized spacial score (nSPS) is 13.5. The first kappa shape index (κ1) is 7.24. The standard InChI is InChI=1S/C8H8N2O2/c1-5(11)8-10-6-4-9-3-2-7(6)12-8/h2-5,11H,1H3/t5-/m1/s1. The van der Waals surface area contributed by atoms with E-state index in [-0.39, 0.29) is 0 Å². The van der Waals surface area contributed by atoms with Crippen molar-refractivity contribution in [1.29, 1.82) is 0 Å². The minimum Gasteiger partial charge on any atom is -0.438 e. The molecular formula is C8H8N2O2. The Morgan fingerprint density at radius 1 is 1.58 bits per heavy atom. The van der Waals surface area contributed by atoms with Crippen LogP contribution in [0, 0.1) is 0 Å². The zero-order valence-electron chi connectivity index (χ0n) is 6.56. The van der Waals surface area contributed by atoms with Gasteiger partial charge in [0.25, 0.3) is 0 Å². The number of rotatable bonds is 1. The maximum Gasteiger partial charge on any atom is 0.224 e. The van der Waals surface area contributed by atoms with E-state index in [1.807, 2.05) is 0 Å². The van der Waals surface area contributed by atoms with E-state index in [9.17, 15) is 0 Å². The lowest BCUT2D eigenvalue weighted by atomic mass is 10.4. The number of nitrogens with zero attached hydrogens (tertiary/aromatic N) is 2. The summed E-state index contributed by atoms with van der Waals surface area (Å²) >= 11 is 0. The summed E-state index contributed by atoms with van der Waals surface area (Å²) in [5, 5.41) is 9.15. The Hall–Kier alpha value is -1.42. The highest BCUT2D eigenvalue weighted by molar-refractivity contribution is 5.70. The van der Waals surface area contributed by atoms with Crippen LogP contribution in [0.25, 0.3) is 11.1 Å². The number of aromatic nitrogens is 2. The topological polar surface area (TPSA) is 59.2 Å². The van der Waals surface area contributed by atoms with Gasteiger partial charge >= 0.3 is 0 Å². The smallest absolute Gasteiger partial charge is 0.224 e. The molecule has 0 fully saturated rings. The summed E-state index contributed by atoms with van der Waals surface area (Å²) in [4.78, 5) is 7.91. The largest absolute Gasteiger partial charge is 0.438 e. The van der Waals surface area contributed by atoms with Crippen LogP contribution in [0.1, 0.15) is 18.9 Å². The van der Waals surface area contributed by atoms with Crippen LogP contribution in [-0.4, -0.2) is 15.1 Å². The molecule has 0 aromatic carbocycles. The molecule has 0 bridgehead atoms. The van der Waals surface area contributed by atoms with Crippen molar-refractivity contribution in [2.75, 3.05) is 0 Å². The van der Waals surface area contributed by atoms with Crippen molar-refractivity contribution in [3.8, 4) is 0 Å². The van der Waals surface area contributed by atoms with Crippen LogP contribution in [0.2, 0.25) is 0 Å². The number of hydrogen-bond acceptors (Lipinski definition) is 4. The van der Waals surface area contributed by atoms with Crippen molar-refractivity contribution in [2.24, 2.45) is 0 Å². The molecule has 2 rings (SSSR count). The lowest BCUT2D eigenvalue weighted by Gasteiger charge is -1.93. The van der Waals surface area contributed by atoms with Gasteiger partial charge in [-0.05, 0) is 6.92 Å². The molecule has 1 atom stereocenters. The average Bonchev–Trinajstić information content (AvgIpc) is 2.46. The van der Waals surface area contributed by atoms with Crippen LogP contribution in [-0.2, 0) is 0 Å². The zero-order valence-corrected chi connectivity index (χ0v) is 6.56. The maximum atomic E-state index is 9.15. The summed E-state index contributed by atoms with van der Waals surface area (Å²) in [6.45, 7) is 1.61. The summed E-state index contributed by atoms with van der Waals surface area (Å²) in [6.07, 6.45) is 2.56. The predicted octanol–water partition coefficient (Wildman–Crippen LogP) is 1.28. The van der Waals surface area contributed by atoms with Crippen LogP contribution in [0.15, 0.2) is 22.9 Å². The lowest BCUT2D eigenvalue weighted by Crippen LogP contribution is -1.89. The van der Waals surface area contributed by atoms with E-state index in [1.54, 1.807) is 25.4 Å². The van der Waals surface area contributed by atoms with Crippen LogP contribution < -0.4 is 0 Å². The molecule has 0 radical (unpaired) electrons. The van der Waals surface area contributed by atoms with Gasteiger partial charge in [0.1, 0.15) is 11.6 Å². The summed E-state index contributed by atoms with van der Waals surface area (Å²) in [7, 11) is 0. The molecule has 1 N–H and O–H groups in total. The fourth-order valence-electron chi connectivity index (χ4n) is 0.977. The Morgan fingerprint density at radius 3 is 3.08 bits per heavy atom. The van der Waals surface area contributed by atoms with Crippen LogP contribution in [0.3, 0.4) is 0 Å². The van der Waals surface area contributed by atoms with E-state index in [0.717, 1.165) is 0 Å². The van der Waals surface area contributed by atoms with Gasteiger partial charge in [-0.25, -0.2) is 4.98 Å². The van der Waals surface area contributed by atoms with Crippen molar-refractivity contribution in [3.05, 3.63) is 24.4 Å². The molecule has 0 unspecified atom stereocenters. The van der Waals surface area contributed by atoms with Gasteiger partial charge in [-0.1, -0.05) is 0 Å². The Morgan fingerprint density at radius 2 is 2.42 bits per heavy atom. The number of pyridine rings is 1. The monoisotopic (exact) mass is 164 g/mol. The SMILES string of the molecule is C[C@@H](O)c1nc2cnccc2o1. The highest BCUT2D eigenvalue weighted by Crippen LogP contribution is 2.17. The van der Waals surface area contributed by atoms with Crippen molar-refractivity contribution < 1.29 is 9.52 Å². The third kappa shape index (κ3) is 1.06. The molecule has 0 aliphatic carbocycles. The summed E-state index contributed by atoms with van der Waals surface area (Å²) < 4.78 is 5.23. The van der Waals surface area contributed by atoms with Crippen molar-refractivity contribution in [2.45, 2.75) is 13.0 Å². The third-order valence-corrected chi connectivity index (χ3v) is 1.56. The van der Waals surface area contributed by atoms with Gasteiger partial charge in [0.2, 0.25) is 5.89 Å². The Balaban J connectivity index is 2.62. The van der Waals surface area contributed by atoms with E-state index in [2.05, 4.69) is 9.97 Å². The number of oxazole rings is 1. The quantitative estimate of drug-likeness (QED) is 0.689. The molecule has 0 aliphatic rings. The molecule has 0 saturated carbocycles. The maximum absolute atomic E-state index is 9.15. The predicted molar refractivity (Wildman–Crippen MR) is 42.4 cm³/mol. The van der Waals surface area contributed by atoms with Gasteiger partial charge in [0.05, 0.1) is 6.20 Å². The Labute approximate surface area is 68.9 Å². The minimum atomic E-state index is -0.669. The van der Waals surface area contributed by atoms with Gasteiger partial charge in [0, 0.05) is 12.3 Å². The molecule has 0 amide bonds. The molecule has 4 nitrogen and oxygen atoms in total. The minimum absolute atomic E-state index is 0.331.